The molecule has 0 fully saturated rings. The number of benzene rings is 3. The molecule has 1 aliphatic rings. The minimum Gasteiger partial charge on any atom is -0.455 e. The number of fused-ring (bicyclic) bond motifs is 2. The second-order valence-electron chi connectivity index (χ2n) is 8.45. The molecule has 0 bridgehead atoms. The molecule has 1 amide bonds. The molecule has 1 aromatic heterocycles. The van der Waals surface area contributed by atoms with Gasteiger partial charge < -0.3 is 19.7 Å². The Morgan fingerprint density at radius 1 is 0.971 bits per heavy atom. The molecule has 7 nitrogen and oxygen atoms in total. The molecule has 0 aliphatic carbocycles. The molecule has 4 aromatic rings. The van der Waals surface area contributed by atoms with E-state index in [-0.39, 0.29) is 0 Å². The summed E-state index contributed by atoms with van der Waals surface area (Å²) in [5.74, 6) is 0.168. The molecule has 0 saturated heterocycles. The van der Waals surface area contributed by atoms with Crippen molar-refractivity contribution in [2.45, 2.75) is 13.0 Å². The van der Waals surface area contributed by atoms with Crippen molar-refractivity contribution < 1.29 is 19.1 Å². The Morgan fingerprint density at radius 3 is 2.57 bits per heavy atom. The van der Waals surface area contributed by atoms with Crippen molar-refractivity contribution in [1.29, 1.82) is 0 Å². The van der Waals surface area contributed by atoms with Gasteiger partial charge in [0.2, 0.25) is 0 Å². The summed E-state index contributed by atoms with van der Waals surface area (Å²) in [5.41, 5.74) is 3.50. The molecule has 3 aromatic carbocycles. The Labute approximate surface area is 203 Å². The summed E-state index contributed by atoms with van der Waals surface area (Å²) in [6.07, 6.45) is 0.760. The summed E-state index contributed by atoms with van der Waals surface area (Å²) in [5, 5.41) is 3.51. The topological polar surface area (TPSA) is 80.8 Å². The zero-order chi connectivity index (χ0) is 24.2. The van der Waals surface area contributed by atoms with Crippen LogP contribution in [0.4, 0.5) is 5.69 Å². The van der Waals surface area contributed by atoms with E-state index in [0.29, 0.717) is 29.3 Å². The standard InChI is InChI=1S/C28H25N3O4/c1-31-16-15-23-21(17-31)27(20-11-5-6-12-22(20)29-23)28(33)34-18-26(32)30-24-13-7-8-14-25(24)35-19-9-3-2-4-10-19/h2-14H,15-18H2,1H3,(H,30,32). The number of amides is 1. The first-order valence-electron chi connectivity index (χ1n) is 11.5. The van der Waals surface area contributed by atoms with Crippen LogP contribution in [-0.2, 0) is 22.5 Å². The van der Waals surface area contributed by atoms with Crippen molar-refractivity contribution in [1.82, 2.24) is 9.88 Å². The highest BCUT2D eigenvalue weighted by atomic mass is 16.5. The molecule has 1 N–H and O–H groups in total. The van der Waals surface area contributed by atoms with Crippen LogP contribution in [0.3, 0.4) is 0 Å². The number of nitrogens with one attached hydrogen (secondary N) is 1. The number of carbonyl (C=O) groups is 2. The van der Waals surface area contributed by atoms with Crippen molar-refractivity contribution in [2.24, 2.45) is 0 Å². The van der Waals surface area contributed by atoms with Gasteiger partial charge in [0.1, 0.15) is 5.75 Å². The maximum Gasteiger partial charge on any atom is 0.339 e. The molecule has 0 radical (unpaired) electrons. The number of hydrogen-bond acceptors (Lipinski definition) is 6. The highest BCUT2D eigenvalue weighted by Crippen LogP contribution is 2.30. The molecule has 0 saturated carbocycles. The monoisotopic (exact) mass is 467 g/mol. The van der Waals surface area contributed by atoms with Crippen LogP contribution in [0.2, 0.25) is 0 Å². The summed E-state index contributed by atoms with van der Waals surface area (Å²) in [4.78, 5) is 32.8. The number of aromatic nitrogens is 1. The fourth-order valence-corrected chi connectivity index (χ4v) is 4.22. The van der Waals surface area contributed by atoms with Crippen LogP contribution >= 0.6 is 0 Å². The van der Waals surface area contributed by atoms with E-state index >= 15 is 0 Å². The Balaban J connectivity index is 1.32. The van der Waals surface area contributed by atoms with Crippen LogP contribution in [0.15, 0.2) is 78.9 Å². The summed E-state index contributed by atoms with van der Waals surface area (Å²) < 4.78 is 11.4. The van der Waals surface area contributed by atoms with Gasteiger partial charge in [0.15, 0.2) is 12.4 Å². The lowest BCUT2D eigenvalue weighted by Gasteiger charge is -2.26. The highest BCUT2D eigenvalue weighted by molar-refractivity contribution is 6.06. The number of rotatable bonds is 6. The van der Waals surface area contributed by atoms with Gasteiger partial charge in [-0.3, -0.25) is 9.78 Å². The predicted molar refractivity (Wildman–Crippen MR) is 134 cm³/mol. The number of para-hydroxylation sites is 4. The van der Waals surface area contributed by atoms with Crippen molar-refractivity contribution in [3.63, 3.8) is 0 Å². The average Bonchev–Trinajstić information content (AvgIpc) is 2.88. The van der Waals surface area contributed by atoms with Gasteiger partial charge in [0.05, 0.1) is 16.8 Å². The first-order valence-corrected chi connectivity index (χ1v) is 11.5. The van der Waals surface area contributed by atoms with Gasteiger partial charge in [0.25, 0.3) is 5.91 Å². The first kappa shape index (κ1) is 22.6. The number of pyridine rings is 1. The van der Waals surface area contributed by atoms with Crippen LogP contribution in [-0.4, -0.2) is 42.0 Å². The van der Waals surface area contributed by atoms with Gasteiger partial charge in [-0.2, -0.15) is 0 Å². The fraction of sp³-hybridized carbons (Fsp3) is 0.179. The Bertz CT molecular complexity index is 1390. The number of hydrogen-bond donors (Lipinski definition) is 1. The highest BCUT2D eigenvalue weighted by Gasteiger charge is 2.26. The molecule has 176 valence electrons. The lowest BCUT2D eigenvalue weighted by molar-refractivity contribution is -0.119. The van der Waals surface area contributed by atoms with Crippen molar-refractivity contribution >= 4 is 28.5 Å². The smallest absolute Gasteiger partial charge is 0.339 e. The average molecular weight is 468 g/mol. The van der Waals surface area contributed by atoms with E-state index in [1.807, 2.05) is 67.7 Å². The van der Waals surface area contributed by atoms with E-state index in [2.05, 4.69) is 10.2 Å². The fourth-order valence-electron chi connectivity index (χ4n) is 4.22. The van der Waals surface area contributed by atoms with Crippen LogP contribution in [0.1, 0.15) is 21.6 Å². The minimum absolute atomic E-state index is 0.417. The van der Waals surface area contributed by atoms with Crippen molar-refractivity contribution in [3.8, 4) is 11.5 Å². The number of esters is 1. The van der Waals surface area contributed by atoms with E-state index in [4.69, 9.17) is 14.5 Å². The molecule has 5 rings (SSSR count). The summed E-state index contributed by atoms with van der Waals surface area (Å²) in [6, 6.07) is 23.9. The molecule has 2 heterocycles. The van der Waals surface area contributed by atoms with E-state index in [0.717, 1.165) is 35.1 Å². The normalized spacial score (nSPS) is 13.2. The maximum absolute atomic E-state index is 13.2. The third kappa shape index (κ3) is 5.00. The maximum atomic E-state index is 13.2. The lowest BCUT2D eigenvalue weighted by atomic mass is 9.96. The Morgan fingerprint density at radius 2 is 1.71 bits per heavy atom. The van der Waals surface area contributed by atoms with Gasteiger partial charge in [0, 0.05) is 36.2 Å². The molecule has 0 atom stereocenters. The van der Waals surface area contributed by atoms with Crippen molar-refractivity contribution in [3.05, 3.63) is 95.7 Å². The summed E-state index contributed by atoms with van der Waals surface area (Å²) in [6.45, 7) is 1.06. The van der Waals surface area contributed by atoms with Gasteiger partial charge >= 0.3 is 5.97 Å². The van der Waals surface area contributed by atoms with E-state index < -0.39 is 18.5 Å². The second kappa shape index (κ2) is 9.95. The minimum atomic E-state index is -0.529. The van der Waals surface area contributed by atoms with Crippen molar-refractivity contribution in [2.75, 3.05) is 25.5 Å². The lowest BCUT2D eigenvalue weighted by Crippen LogP contribution is -2.30. The summed E-state index contributed by atoms with van der Waals surface area (Å²) in [7, 11) is 2.01. The first-order chi connectivity index (χ1) is 17.1. The quantitative estimate of drug-likeness (QED) is 0.410. The molecular formula is C28H25N3O4. The van der Waals surface area contributed by atoms with Gasteiger partial charge in [-0.05, 0) is 37.4 Å². The Hall–Kier alpha value is -4.23. The number of anilines is 1. The molecule has 7 heteroatoms. The summed E-state index contributed by atoms with van der Waals surface area (Å²) >= 11 is 0. The molecule has 35 heavy (non-hydrogen) atoms. The number of likely N-dealkylation sites (N-methyl/N-ethyl adjacent to an activating group) is 1. The zero-order valence-corrected chi connectivity index (χ0v) is 19.4. The zero-order valence-electron chi connectivity index (χ0n) is 19.4. The number of ether oxygens (including phenoxy) is 2. The third-order valence-electron chi connectivity index (χ3n) is 5.91. The molecular weight excluding hydrogens is 442 g/mol. The number of nitrogens with zero attached hydrogens (tertiary/aromatic N) is 2. The van der Waals surface area contributed by atoms with Crippen LogP contribution in [0.25, 0.3) is 10.9 Å². The van der Waals surface area contributed by atoms with Crippen LogP contribution < -0.4 is 10.1 Å². The predicted octanol–water partition coefficient (Wildman–Crippen LogP) is 4.81. The van der Waals surface area contributed by atoms with E-state index in [9.17, 15) is 9.59 Å². The molecule has 0 unspecified atom stereocenters. The van der Waals surface area contributed by atoms with Crippen LogP contribution in [0, 0.1) is 0 Å². The van der Waals surface area contributed by atoms with Gasteiger partial charge in [-0.1, -0.05) is 48.5 Å². The van der Waals surface area contributed by atoms with Gasteiger partial charge in [-0.15, -0.1) is 0 Å². The van der Waals surface area contributed by atoms with E-state index in [1.165, 1.54) is 0 Å². The largest absolute Gasteiger partial charge is 0.455 e. The third-order valence-corrected chi connectivity index (χ3v) is 5.91. The second-order valence-corrected chi connectivity index (χ2v) is 8.45. The van der Waals surface area contributed by atoms with E-state index in [1.54, 1.807) is 18.2 Å². The number of carbonyl (C=O) groups excluding carboxylic acids is 2. The molecule has 1 aliphatic heterocycles. The Kier molecular flexibility index (Phi) is 6.41. The van der Waals surface area contributed by atoms with Gasteiger partial charge in [-0.25, -0.2) is 4.79 Å². The molecule has 0 spiro atoms. The SMILES string of the molecule is CN1CCc2nc3ccccc3c(C(=O)OCC(=O)Nc3ccccc3Oc3ccccc3)c2C1. The van der Waals surface area contributed by atoms with Crippen LogP contribution in [0.5, 0.6) is 11.5 Å².